The van der Waals surface area contributed by atoms with E-state index in [1.807, 2.05) is 26.8 Å². The number of hydrogen-bond donors (Lipinski definition) is 0. The molecule has 5 heterocycles. The molecule has 0 saturated carbocycles. The average Bonchev–Trinajstić information content (AvgIpc) is 3.32. The summed E-state index contributed by atoms with van der Waals surface area (Å²) in [4.78, 5) is 27.9. The number of nitriles is 1. The molecule has 1 fully saturated rings. The quantitative estimate of drug-likeness (QED) is 0.558. The summed E-state index contributed by atoms with van der Waals surface area (Å²) in [5.74, 6) is 2.08. The highest BCUT2D eigenvalue weighted by atomic mass is 16.6. The first-order valence-corrected chi connectivity index (χ1v) is 11.9. The van der Waals surface area contributed by atoms with Gasteiger partial charge in [0, 0.05) is 45.2 Å². The summed E-state index contributed by atoms with van der Waals surface area (Å²) >= 11 is 0. The van der Waals surface area contributed by atoms with Gasteiger partial charge in [-0.1, -0.05) is 13.0 Å². The van der Waals surface area contributed by atoms with Crippen LogP contribution < -0.4 is 9.80 Å². The predicted octanol–water partition coefficient (Wildman–Crippen LogP) is 3.18. The fourth-order valence-corrected chi connectivity index (χ4v) is 4.76. The van der Waals surface area contributed by atoms with E-state index >= 15 is 0 Å². The summed E-state index contributed by atoms with van der Waals surface area (Å²) in [7, 11) is 0. The standard InChI is InChI=1S/C25H30N8O2/c1-17-14-32(21-8-6-18(13-26)23-27-16-28-33(21)23)15-19-5-7-20(29-22(17)19)30-9-11-31(12-10-30)24(34)35-25(2,3)4/h5-8,16-17H,9-12,14-15H2,1-4H3/t17-/m0/s1. The van der Waals surface area contributed by atoms with Crippen molar-refractivity contribution >= 4 is 23.4 Å². The normalized spacial score (nSPS) is 18.4. The number of ether oxygens (including phenoxy) is 1. The third-order valence-corrected chi connectivity index (χ3v) is 6.42. The summed E-state index contributed by atoms with van der Waals surface area (Å²) in [5.41, 5.74) is 2.88. The van der Waals surface area contributed by atoms with Gasteiger partial charge in [-0.15, -0.1) is 0 Å². The second kappa shape index (κ2) is 8.73. The van der Waals surface area contributed by atoms with Gasteiger partial charge in [0.2, 0.25) is 0 Å². The van der Waals surface area contributed by atoms with Gasteiger partial charge in [0.15, 0.2) is 5.65 Å². The summed E-state index contributed by atoms with van der Waals surface area (Å²) in [6.07, 6.45) is 1.23. The zero-order valence-corrected chi connectivity index (χ0v) is 20.6. The summed E-state index contributed by atoms with van der Waals surface area (Å²) in [6, 6.07) is 10.1. The lowest BCUT2D eigenvalue weighted by Gasteiger charge is -2.37. The fraction of sp³-hybridized carbons (Fsp3) is 0.480. The lowest BCUT2D eigenvalue weighted by molar-refractivity contribution is 0.0240. The SMILES string of the molecule is C[C@H]1CN(c2ccc(C#N)c3ncnn23)Cc2ccc(N3CCN(C(=O)OC(C)(C)C)CC3)nc21. The van der Waals surface area contributed by atoms with Crippen LogP contribution in [0.5, 0.6) is 0 Å². The van der Waals surface area contributed by atoms with E-state index in [1.54, 1.807) is 15.5 Å². The number of piperazine rings is 1. The minimum absolute atomic E-state index is 0.218. The molecule has 182 valence electrons. The van der Waals surface area contributed by atoms with E-state index in [4.69, 9.17) is 9.72 Å². The Morgan fingerprint density at radius 2 is 1.89 bits per heavy atom. The van der Waals surface area contributed by atoms with Crippen LogP contribution in [0.1, 0.15) is 50.4 Å². The third kappa shape index (κ3) is 4.46. The lowest BCUT2D eigenvalue weighted by Crippen LogP contribution is -2.50. The molecule has 2 aliphatic rings. The molecule has 1 saturated heterocycles. The highest BCUT2D eigenvalue weighted by molar-refractivity contribution is 5.68. The van der Waals surface area contributed by atoms with Gasteiger partial charge < -0.3 is 19.4 Å². The van der Waals surface area contributed by atoms with Gasteiger partial charge in [0.25, 0.3) is 0 Å². The first kappa shape index (κ1) is 22.9. The Labute approximate surface area is 204 Å². The number of aromatic nitrogens is 4. The summed E-state index contributed by atoms with van der Waals surface area (Å²) in [6.45, 7) is 12.0. The topological polar surface area (TPSA) is 103 Å². The molecular formula is C25H30N8O2. The third-order valence-electron chi connectivity index (χ3n) is 6.42. The second-order valence-electron chi connectivity index (χ2n) is 10.2. The molecule has 3 aromatic rings. The molecule has 10 nitrogen and oxygen atoms in total. The molecule has 5 rings (SSSR count). The summed E-state index contributed by atoms with van der Waals surface area (Å²) < 4.78 is 7.25. The van der Waals surface area contributed by atoms with Crippen LogP contribution in [-0.2, 0) is 11.3 Å². The van der Waals surface area contributed by atoms with Crippen LogP contribution in [0.3, 0.4) is 0 Å². The van der Waals surface area contributed by atoms with E-state index in [0.29, 0.717) is 30.8 Å². The van der Waals surface area contributed by atoms with Crippen LogP contribution in [-0.4, -0.2) is 68.9 Å². The maximum atomic E-state index is 12.4. The average molecular weight is 475 g/mol. The molecule has 2 aliphatic heterocycles. The smallest absolute Gasteiger partial charge is 0.410 e. The Balaban J connectivity index is 1.31. The maximum absolute atomic E-state index is 12.4. The van der Waals surface area contributed by atoms with E-state index in [2.05, 4.69) is 45.0 Å². The highest BCUT2D eigenvalue weighted by Gasteiger charge is 2.29. The van der Waals surface area contributed by atoms with Gasteiger partial charge in [-0.25, -0.2) is 14.8 Å². The number of pyridine rings is 2. The van der Waals surface area contributed by atoms with Crippen LogP contribution in [0.2, 0.25) is 0 Å². The van der Waals surface area contributed by atoms with E-state index in [9.17, 15) is 10.1 Å². The molecule has 0 aliphatic carbocycles. The molecule has 1 atom stereocenters. The molecule has 0 bridgehead atoms. The molecule has 10 heteroatoms. The van der Waals surface area contributed by atoms with E-state index in [1.165, 1.54) is 11.9 Å². The highest BCUT2D eigenvalue weighted by Crippen LogP contribution is 2.32. The molecule has 0 unspecified atom stereocenters. The van der Waals surface area contributed by atoms with Gasteiger partial charge in [-0.3, -0.25) is 0 Å². The molecular weight excluding hydrogens is 444 g/mol. The van der Waals surface area contributed by atoms with Gasteiger partial charge in [0.05, 0.1) is 11.3 Å². The van der Waals surface area contributed by atoms with Crippen molar-refractivity contribution in [1.29, 1.82) is 5.26 Å². The monoisotopic (exact) mass is 474 g/mol. The van der Waals surface area contributed by atoms with Gasteiger partial charge in [0.1, 0.15) is 29.6 Å². The first-order chi connectivity index (χ1) is 16.7. The zero-order chi connectivity index (χ0) is 24.7. The minimum atomic E-state index is -0.490. The van der Waals surface area contributed by atoms with Crippen molar-refractivity contribution in [1.82, 2.24) is 24.5 Å². The summed E-state index contributed by atoms with van der Waals surface area (Å²) in [5, 5.41) is 13.7. The number of nitrogens with zero attached hydrogens (tertiary/aromatic N) is 8. The van der Waals surface area contributed by atoms with Gasteiger partial charge in [-0.05, 0) is 44.5 Å². The predicted molar refractivity (Wildman–Crippen MR) is 131 cm³/mol. The van der Waals surface area contributed by atoms with Crippen LogP contribution in [0.4, 0.5) is 16.4 Å². The number of carbonyl (C=O) groups excluding carboxylic acids is 1. The Morgan fingerprint density at radius 3 is 2.60 bits per heavy atom. The van der Waals surface area contributed by atoms with Crippen LogP contribution in [0, 0.1) is 11.3 Å². The van der Waals surface area contributed by atoms with E-state index < -0.39 is 5.60 Å². The van der Waals surface area contributed by atoms with E-state index in [-0.39, 0.29) is 12.0 Å². The minimum Gasteiger partial charge on any atom is -0.444 e. The number of fused-ring (bicyclic) bond motifs is 2. The first-order valence-electron chi connectivity index (χ1n) is 11.9. The van der Waals surface area contributed by atoms with Crippen molar-refractivity contribution in [2.75, 3.05) is 42.5 Å². The van der Waals surface area contributed by atoms with Gasteiger partial charge in [-0.2, -0.15) is 14.9 Å². The zero-order valence-electron chi connectivity index (χ0n) is 20.6. The molecule has 35 heavy (non-hydrogen) atoms. The van der Waals surface area contributed by atoms with Crippen molar-refractivity contribution < 1.29 is 9.53 Å². The van der Waals surface area contributed by atoms with Crippen molar-refractivity contribution in [3.63, 3.8) is 0 Å². The second-order valence-corrected chi connectivity index (χ2v) is 10.2. The lowest BCUT2D eigenvalue weighted by atomic mass is 9.96. The molecule has 0 radical (unpaired) electrons. The molecule has 0 aromatic carbocycles. The van der Waals surface area contributed by atoms with Crippen LogP contribution in [0.15, 0.2) is 30.6 Å². The fourth-order valence-electron chi connectivity index (χ4n) is 4.76. The Hall–Kier alpha value is -3.87. The molecule has 0 spiro atoms. The number of rotatable bonds is 2. The Bertz CT molecular complexity index is 1300. The van der Waals surface area contributed by atoms with Crippen LogP contribution >= 0.6 is 0 Å². The number of carbonyl (C=O) groups is 1. The van der Waals surface area contributed by atoms with Crippen LogP contribution in [0.25, 0.3) is 5.65 Å². The number of hydrogen-bond acceptors (Lipinski definition) is 8. The number of anilines is 2. The van der Waals surface area contributed by atoms with Crippen molar-refractivity contribution in [2.24, 2.45) is 0 Å². The van der Waals surface area contributed by atoms with Crippen molar-refractivity contribution in [3.05, 3.63) is 47.4 Å². The Morgan fingerprint density at radius 1 is 1.11 bits per heavy atom. The van der Waals surface area contributed by atoms with E-state index in [0.717, 1.165) is 37.0 Å². The van der Waals surface area contributed by atoms with Crippen molar-refractivity contribution in [2.45, 2.75) is 45.8 Å². The Kier molecular flexibility index (Phi) is 5.71. The molecule has 3 aromatic heterocycles. The number of amides is 1. The van der Waals surface area contributed by atoms with Crippen molar-refractivity contribution in [3.8, 4) is 6.07 Å². The maximum Gasteiger partial charge on any atom is 0.410 e. The van der Waals surface area contributed by atoms with Gasteiger partial charge >= 0.3 is 6.09 Å². The largest absolute Gasteiger partial charge is 0.444 e. The molecule has 0 N–H and O–H groups in total. The molecule has 1 amide bonds.